The van der Waals surface area contributed by atoms with Crippen LogP contribution >= 0.6 is 0 Å². The maximum Gasteiger partial charge on any atom is 0.317 e. The molecule has 0 saturated carbocycles. The average Bonchev–Trinajstić information content (AvgIpc) is 3.01. The maximum absolute atomic E-state index is 12.4. The fourth-order valence-electron chi connectivity index (χ4n) is 4.24. The number of Topliss-reactive ketones (excluding diaryl/α,β-unsaturated/α-hetero) is 1. The highest BCUT2D eigenvalue weighted by Gasteiger charge is 2.50. The molecule has 162 valence electrons. The molecule has 30 heavy (non-hydrogen) atoms. The quantitative estimate of drug-likeness (QED) is 0.579. The van der Waals surface area contributed by atoms with Crippen molar-refractivity contribution in [2.24, 2.45) is 16.4 Å². The van der Waals surface area contributed by atoms with Crippen molar-refractivity contribution in [2.75, 3.05) is 47.4 Å². The first kappa shape index (κ1) is 22.1. The Labute approximate surface area is 177 Å². The molecule has 1 aromatic carbocycles. The van der Waals surface area contributed by atoms with Gasteiger partial charge in [-0.15, -0.1) is 0 Å². The third kappa shape index (κ3) is 4.60. The van der Waals surface area contributed by atoms with Gasteiger partial charge in [0.05, 0.1) is 12.8 Å². The fraction of sp³-hybridized carbons (Fsp3) is 0.545. The number of rotatable bonds is 3. The molecule has 2 fully saturated rings. The van der Waals surface area contributed by atoms with Crippen LogP contribution in [0.25, 0.3) is 0 Å². The third-order valence-corrected chi connectivity index (χ3v) is 5.95. The average molecular weight is 415 g/mol. The second kappa shape index (κ2) is 9.49. The molecule has 2 saturated heterocycles. The van der Waals surface area contributed by atoms with Crippen LogP contribution in [-0.2, 0) is 25.5 Å². The van der Waals surface area contributed by atoms with E-state index in [-0.39, 0.29) is 11.7 Å². The number of benzene rings is 1. The minimum atomic E-state index is -0.561. The zero-order chi connectivity index (χ0) is 21.7. The van der Waals surface area contributed by atoms with Crippen LogP contribution in [0.1, 0.15) is 18.4 Å². The first-order chi connectivity index (χ1) is 14.4. The molecule has 3 aliphatic heterocycles. The van der Waals surface area contributed by atoms with Gasteiger partial charge >= 0.3 is 5.97 Å². The number of ether oxygens (including phenoxy) is 1. The predicted octanol–water partition coefficient (Wildman–Crippen LogP) is 0.717. The summed E-state index contributed by atoms with van der Waals surface area (Å²) >= 11 is 0. The minimum Gasteiger partial charge on any atom is -0.468 e. The normalized spacial score (nSPS) is 26.4. The van der Waals surface area contributed by atoms with Crippen LogP contribution in [0.2, 0.25) is 0 Å². The van der Waals surface area contributed by atoms with E-state index in [9.17, 15) is 14.4 Å². The van der Waals surface area contributed by atoms with Gasteiger partial charge in [-0.05, 0) is 19.0 Å². The molecule has 1 N–H and O–H groups in total. The van der Waals surface area contributed by atoms with Gasteiger partial charge in [0.2, 0.25) is 0 Å². The van der Waals surface area contributed by atoms with Crippen molar-refractivity contribution in [1.29, 1.82) is 0 Å². The van der Waals surface area contributed by atoms with Crippen molar-refractivity contribution >= 4 is 23.4 Å². The van der Waals surface area contributed by atoms with Gasteiger partial charge in [-0.3, -0.25) is 14.4 Å². The Balaban J connectivity index is 0.000000187. The van der Waals surface area contributed by atoms with E-state index >= 15 is 0 Å². The lowest BCUT2D eigenvalue weighted by atomic mass is 9.74. The Bertz CT molecular complexity index is 818. The molecule has 1 aromatic rings. The number of methoxy groups -OCH3 is 1. The minimum absolute atomic E-state index is 0.0000463. The van der Waals surface area contributed by atoms with E-state index in [1.54, 1.807) is 7.05 Å². The zero-order valence-corrected chi connectivity index (χ0v) is 17.9. The summed E-state index contributed by atoms with van der Waals surface area (Å²) in [5.74, 6) is -0.853. The van der Waals surface area contributed by atoms with Crippen molar-refractivity contribution in [2.45, 2.75) is 19.3 Å². The molecule has 3 heterocycles. The van der Waals surface area contributed by atoms with Gasteiger partial charge < -0.3 is 15.0 Å². The van der Waals surface area contributed by atoms with Crippen molar-refractivity contribution in [1.82, 2.24) is 15.2 Å². The van der Waals surface area contributed by atoms with E-state index in [0.29, 0.717) is 19.5 Å². The summed E-state index contributed by atoms with van der Waals surface area (Å²) in [5.41, 5.74) is 1.78. The SMILES string of the molecule is CN1N=C2CCNC[C@@]2(Cc2ccccc2)C1=O.COC(=O)C1CN(C)CCC1=O. The summed E-state index contributed by atoms with van der Waals surface area (Å²) in [7, 11) is 4.95. The van der Waals surface area contributed by atoms with E-state index in [4.69, 9.17) is 0 Å². The van der Waals surface area contributed by atoms with Gasteiger partial charge in [-0.2, -0.15) is 5.10 Å². The van der Waals surface area contributed by atoms with Crippen LogP contribution in [0.3, 0.4) is 0 Å². The molecule has 0 bridgehead atoms. The van der Waals surface area contributed by atoms with Gasteiger partial charge in [-0.25, -0.2) is 5.01 Å². The highest BCUT2D eigenvalue weighted by Crippen LogP contribution is 2.35. The van der Waals surface area contributed by atoms with Gasteiger partial charge in [0.25, 0.3) is 5.91 Å². The predicted molar refractivity (Wildman–Crippen MR) is 113 cm³/mol. The van der Waals surface area contributed by atoms with Crippen LogP contribution in [0, 0.1) is 11.3 Å². The number of hydrazone groups is 1. The number of fused-ring (bicyclic) bond motifs is 1. The topological polar surface area (TPSA) is 91.3 Å². The van der Waals surface area contributed by atoms with Crippen LogP contribution in [0.5, 0.6) is 0 Å². The summed E-state index contributed by atoms with van der Waals surface area (Å²) in [5, 5.41) is 9.27. The second-order valence-electron chi connectivity index (χ2n) is 8.10. The Morgan fingerprint density at radius 3 is 2.67 bits per heavy atom. The van der Waals surface area contributed by atoms with Gasteiger partial charge in [0.1, 0.15) is 17.1 Å². The van der Waals surface area contributed by atoms with E-state index in [2.05, 4.69) is 27.3 Å². The van der Waals surface area contributed by atoms with Gasteiger partial charge in [0, 0.05) is 46.1 Å². The number of carbonyl (C=O) groups is 3. The van der Waals surface area contributed by atoms with E-state index in [1.807, 2.05) is 30.1 Å². The number of likely N-dealkylation sites (tertiary alicyclic amines) is 1. The summed E-state index contributed by atoms with van der Waals surface area (Å²) in [6.45, 7) is 2.85. The number of amides is 1. The first-order valence-electron chi connectivity index (χ1n) is 10.3. The van der Waals surface area contributed by atoms with Crippen LogP contribution in [0.4, 0.5) is 0 Å². The number of hydrogen-bond acceptors (Lipinski definition) is 7. The standard InChI is InChI=1S/C14H17N3O.C8H13NO3/c1-17-13(18)14(9-11-5-3-2-4-6-11)10-15-8-7-12(14)16-17;1-9-4-3-7(10)6(5-9)8(11)12-2/h2-6,15H,7-10H2,1H3;6H,3-5H2,1-2H3/t14-;/m1./s1. The van der Waals surface area contributed by atoms with Crippen molar-refractivity contribution in [3.63, 3.8) is 0 Å². The molecule has 4 rings (SSSR count). The molecule has 0 spiro atoms. The van der Waals surface area contributed by atoms with Crippen molar-refractivity contribution < 1.29 is 19.1 Å². The molecule has 8 heteroatoms. The smallest absolute Gasteiger partial charge is 0.317 e. The lowest BCUT2D eigenvalue weighted by molar-refractivity contribution is -0.151. The van der Waals surface area contributed by atoms with Gasteiger partial charge in [-0.1, -0.05) is 30.3 Å². The number of carbonyl (C=O) groups excluding carboxylic acids is 3. The van der Waals surface area contributed by atoms with Crippen molar-refractivity contribution in [3.05, 3.63) is 35.9 Å². The molecule has 3 aliphatic rings. The van der Waals surface area contributed by atoms with Gasteiger partial charge in [0.15, 0.2) is 0 Å². The zero-order valence-electron chi connectivity index (χ0n) is 17.9. The largest absolute Gasteiger partial charge is 0.468 e. The number of ketones is 1. The van der Waals surface area contributed by atoms with E-state index in [0.717, 1.165) is 31.6 Å². The Morgan fingerprint density at radius 1 is 1.23 bits per heavy atom. The van der Waals surface area contributed by atoms with E-state index in [1.165, 1.54) is 17.7 Å². The second-order valence-corrected chi connectivity index (χ2v) is 8.10. The lowest BCUT2D eigenvalue weighted by Gasteiger charge is -2.33. The third-order valence-electron chi connectivity index (χ3n) is 5.95. The molecule has 8 nitrogen and oxygen atoms in total. The number of piperidine rings is 2. The fourth-order valence-corrected chi connectivity index (χ4v) is 4.24. The highest BCUT2D eigenvalue weighted by molar-refractivity contribution is 6.13. The van der Waals surface area contributed by atoms with E-state index < -0.39 is 17.3 Å². The molecule has 2 atom stereocenters. The Kier molecular flexibility index (Phi) is 6.99. The van der Waals surface area contributed by atoms with Crippen LogP contribution in [-0.4, -0.2) is 80.7 Å². The molecule has 1 unspecified atom stereocenters. The molecular formula is C22H30N4O4. The Morgan fingerprint density at radius 2 is 1.97 bits per heavy atom. The summed E-state index contributed by atoms with van der Waals surface area (Å²) < 4.78 is 4.52. The maximum atomic E-state index is 12.4. The molecule has 1 amide bonds. The van der Waals surface area contributed by atoms with Crippen molar-refractivity contribution in [3.8, 4) is 0 Å². The number of hydrogen-bond donors (Lipinski definition) is 1. The number of esters is 1. The first-order valence-corrected chi connectivity index (χ1v) is 10.3. The molecular weight excluding hydrogens is 384 g/mol. The highest BCUT2D eigenvalue weighted by atomic mass is 16.5. The summed E-state index contributed by atoms with van der Waals surface area (Å²) in [4.78, 5) is 36.7. The van der Waals surface area contributed by atoms with Crippen LogP contribution in [0.15, 0.2) is 35.4 Å². The molecule has 0 radical (unpaired) electrons. The number of nitrogens with zero attached hydrogens (tertiary/aromatic N) is 3. The Hall–Kier alpha value is -2.58. The summed E-state index contributed by atoms with van der Waals surface area (Å²) in [6, 6.07) is 10.2. The molecule has 0 aliphatic carbocycles. The number of nitrogens with one attached hydrogen (secondary N) is 1. The summed E-state index contributed by atoms with van der Waals surface area (Å²) in [6.07, 6.45) is 2.06. The molecule has 0 aromatic heterocycles. The lowest BCUT2D eigenvalue weighted by Crippen LogP contribution is -2.52. The monoisotopic (exact) mass is 414 g/mol. The van der Waals surface area contributed by atoms with Crippen LogP contribution < -0.4 is 5.32 Å².